The second kappa shape index (κ2) is 6.10. The van der Waals surface area contributed by atoms with Crippen molar-refractivity contribution < 1.29 is 13.9 Å². The van der Waals surface area contributed by atoms with Crippen LogP contribution in [0.4, 0.5) is 10.8 Å². The molecule has 124 valence electrons. The van der Waals surface area contributed by atoms with Gasteiger partial charge in [0, 0.05) is 19.1 Å². The van der Waals surface area contributed by atoms with Gasteiger partial charge in [-0.25, -0.2) is 4.79 Å². The largest absolute Gasteiger partial charge is 0.444 e. The SMILES string of the molecule is CC(C)(C)OC(=O)N1CCC(Nc2nc3ccccc3o2)CC1. The molecule has 6 heteroatoms. The van der Waals surface area contributed by atoms with E-state index in [2.05, 4.69) is 10.3 Å². The number of rotatable bonds is 2. The summed E-state index contributed by atoms with van der Waals surface area (Å²) in [6.07, 6.45) is 1.45. The first-order valence-electron chi connectivity index (χ1n) is 8.01. The number of amides is 1. The normalized spacial score (nSPS) is 16.6. The molecule has 23 heavy (non-hydrogen) atoms. The summed E-state index contributed by atoms with van der Waals surface area (Å²) in [6.45, 7) is 6.99. The number of nitrogens with one attached hydrogen (secondary N) is 1. The monoisotopic (exact) mass is 317 g/mol. The van der Waals surface area contributed by atoms with Crippen molar-refractivity contribution in [1.29, 1.82) is 0 Å². The molecule has 0 aliphatic carbocycles. The van der Waals surface area contributed by atoms with Gasteiger partial charge in [-0.1, -0.05) is 12.1 Å². The maximum Gasteiger partial charge on any atom is 0.410 e. The van der Waals surface area contributed by atoms with Crippen LogP contribution < -0.4 is 5.32 Å². The maximum absolute atomic E-state index is 12.0. The predicted octanol–water partition coefficient (Wildman–Crippen LogP) is 3.64. The van der Waals surface area contributed by atoms with Crippen LogP contribution in [-0.2, 0) is 4.74 Å². The van der Waals surface area contributed by atoms with Gasteiger partial charge in [0.15, 0.2) is 5.58 Å². The number of hydrogen-bond acceptors (Lipinski definition) is 5. The smallest absolute Gasteiger partial charge is 0.410 e. The van der Waals surface area contributed by atoms with Crippen LogP contribution in [0.15, 0.2) is 28.7 Å². The number of carbonyl (C=O) groups is 1. The Morgan fingerprint density at radius 2 is 2.00 bits per heavy atom. The summed E-state index contributed by atoms with van der Waals surface area (Å²) in [5.41, 5.74) is 1.17. The average Bonchev–Trinajstić information content (AvgIpc) is 2.88. The Morgan fingerprint density at radius 3 is 2.65 bits per heavy atom. The van der Waals surface area contributed by atoms with E-state index >= 15 is 0 Å². The summed E-state index contributed by atoms with van der Waals surface area (Å²) >= 11 is 0. The van der Waals surface area contributed by atoms with Gasteiger partial charge in [0.2, 0.25) is 0 Å². The summed E-state index contributed by atoms with van der Waals surface area (Å²) in [7, 11) is 0. The Balaban J connectivity index is 1.54. The van der Waals surface area contributed by atoms with E-state index in [0.29, 0.717) is 19.1 Å². The molecule has 1 N–H and O–H groups in total. The fraction of sp³-hybridized carbons (Fsp3) is 0.529. The first-order valence-corrected chi connectivity index (χ1v) is 8.01. The van der Waals surface area contributed by atoms with Crippen molar-refractivity contribution >= 4 is 23.2 Å². The highest BCUT2D eigenvalue weighted by molar-refractivity contribution is 5.74. The number of fused-ring (bicyclic) bond motifs is 1. The van der Waals surface area contributed by atoms with Crippen LogP contribution in [0, 0.1) is 0 Å². The highest BCUT2D eigenvalue weighted by Crippen LogP contribution is 2.22. The van der Waals surface area contributed by atoms with Crippen molar-refractivity contribution in [3.63, 3.8) is 0 Å². The Morgan fingerprint density at radius 1 is 1.30 bits per heavy atom. The van der Waals surface area contributed by atoms with E-state index in [1.807, 2.05) is 45.0 Å². The zero-order valence-electron chi connectivity index (χ0n) is 13.8. The molecule has 0 bridgehead atoms. The Hall–Kier alpha value is -2.24. The lowest BCUT2D eigenvalue weighted by molar-refractivity contribution is 0.0210. The third-order valence-corrected chi connectivity index (χ3v) is 3.77. The number of anilines is 1. The molecule has 0 atom stereocenters. The first-order chi connectivity index (χ1) is 10.9. The van der Waals surface area contributed by atoms with Crippen LogP contribution in [0.25, 0.3) is 11.1 Å². The summed E-state index contributed by atoms with van der Waals surface area (Å²) < 4.78 is 11.1. The van der Waals surface area contributed by atoms with Gasteiger partial charge >= 0.3 is 6.09 Å². The van der Waals surface area contributed by atoms with Crippen molar-refractivity contribution in [2.75, 3.05) is 18.4 Å². The van der Waals surface area contributed by atoms with Gasteiger partial charge in [0.1, 0.15) is 11.1 Å². The van der Waals surface area contributed by atoms with Gasteiger partial charge in [-0.3, -0.25) is 0 Å². The number of benzene rings is 1. The molecule has 1 fully saturated rings. The van der Waals surface area contributed by atoms with Crippen LogP contribution in [0.2, 0.25) is 0 Å². The van der Waals surface area contributed by atoms with Gasteiger partial charge in [0.25, 0.3) is 6.01 Å². The van der Waals surface area contributed by atoms with Gasteiger partial charge in [-0.2, -0.15) is 4.98 Å². The van der Waals surface area contributed by atoms with Gasteiger partial charge in [-0.15, -0.1) is 0 Å². The third-order valence-electron chi connectivity index (χ3n) is 3.77. The standard InChI is InChI=1S/C17H23N3O3/c1-17(2,3)23-16(21)20-10-8-12(9-11-20)18-15-19-13-6-4-5-7-14(13)22-15/h4-7,12H,8-11H2,1-3H3,(H,18,19). The third kappa shape index (κ3) is 3.94. The zero-order chi connectivity index (χ0) is 16.4. The molecule has 1 aliphatic rings. The van der Waals surface area contributed by atoms with Crippen molar-refractivity contribution in [2.45, 2.75) is 45.3 Å². The van der Waals surface area contributed by atoms with Crippen molar-refractivity contribution in [1.82, 2.24) is 9.88 Å². The predicted molar refractivity (Wildman–Crippen MR) is 88.5 cm³/mol. The number of piperidine rings is 1. The van der Waals surface area contributed by atoms with E-state index < -0.39 is 5.60 Å². The van der Waals surface area contributed by atoms with Crippen LogP contribution in [0.1, 0.15) is 33.6 Å². The van der Waals surface area contributed by atoms with E-state index in [4.69, 9.17) is 9.15 Å². The lowest BCUT2D eigenvalue weighted by atomic mass is 10.1. The second-order valence-electron chi connectivity index (χ2n) is 6.87. The number of nitrogens with zero attached hydrogens (tertiary/aromatic N) is 2. The topological polar surface area (TPSA) is 67.6 Å². The fourth-order valence-electron chi connectivity index (χ4n) is 2.64. The van der Waals surface area contributed by atoms with Gasteiger partial charge in [-0.05, 0) is 45.7 Å². The molecule has 1 aromatic carbocycles. The van der Waals surface area contributed by atoms with E-state index in [0.717, 1.165) is 23.9 Å². The minimum atomic E-state index is -0.454. The number of ether oxygens (including phenoxy) is 1. The highest BCUT2D eigenvalue weighted by Gasteiger charge is 2.27. The lowest BCUT2D eigenvalue weighted by Gasteiger charge is -2.33. The van der Waals surface area contributed by atoms with Crippen LogP contribution in [0.3, 0.4) is 0 Å². The molecule has 1 amide bonds. The first kappa shape index (κ1) is 15.6. The molecule has 0 radical (unpaired) electrons. The fourth-order valence-corrected chi connectivity index (χ4v) is 2.64. The molecule has 0 unspecified atom stereocenters. The second-order valence-corrected chi connectivity index (χ2v) is 6.87. The molecular formula is C17H23N3O3. The number of likely N-dealkylation sites (tertiary alicyclic amines) is 1. The minimum absolute atomic E-state index is 0.238. The van der Waals surface area contributed by atoms with Crippen LogP contribution >= 0.6 is 0 Å². The Labute approximate surface area is 135 Å². The number of hydrogen-bond donors (Lipinski definition) is 1. The highest BCUT2D eigenvalue weighted by atomic mass is 16.6. The molecule has 0 saturated carbocycles. The number of oxazole rings is 1. The quantitative estimate of drug-likeness (QED) is 0.916. The van der Waals surface area contributed by atoms with E-state index in [-0.39, 0.29) is 12.1 Å². The summed E-state index contributed by atoms with van der Waals surface area (Å²) in [5.74, 6) is 0. The molecule has 1 aromatic heterocycles. The average molecular weight is 317 g/mol. The molecule has 3 rings (SSSR count). The van der Waals surface area contributed by atoms with Crippen LogP contribution in [0.5, 0.6) is 0 Å². The molecular weight excluding hydrogens is 294 g/mol. The molecule has 0 spiro atoms. The number of para-hydroxylation sites is 2. The molecule has 2 heterocycles. The van der Waals surface area contributed by atoms with E-state index in [1.54, 1.807) is 4.90 Å². The summed E-state index contributed by atoms with van der Waals surface area (Å²) in [4.78, 5) is 18.2. The molecule has 2 aromatic rings. The van der Waals surface area contributed by atoms with E-state index in [9.17, 15) is 4.79 Å². The number of carbonyl (C=O) groups excluding carboxylic acids is 1. The lowest BCUT2D eigenvalue weighted by Crippen LogP contribution is -2.44. The zero-order valence-corrected chi connectivity index (χ0v) is 13.8. The Bertz CT molecular complexity index is 649. The minimum Gasteiger partial charge on any atom is -0.444 e. The van der Waals surface area contributed by atoms with Crippen molar-refractivity contribution in [3.05, 3.63) is 24.3 Å². The van der Waals surface area contributed by atoms with Gasteiger partial charge < -0.3 is 19.4 Å². The molecule has 1 saturated heterocycles. The van der Waals surface area contributed by atoms with Crippen molar-refractivity contribution in [3.8, 4) is 0 Å². The summed E-state index contributed by atoms with van der Waals surface area (Å²) in [6, 6.07) is 8.49. The molecule has 1 aliphatic heterocycles. The Kier molecular flexibility index (Phi) is 4.15. The summed E-state index contributed by atoms with van der Waals surface area (Å²) in [5, 5.41) is 3.32. The molecule has 6 nitrogen and oxygen atoms in total. The van der Waals surface area contributed by atoms with E-state index in [1.165, 1.54) is 0 Å². The van der Waals surface area contributed by atoms with Crippen molar-refractivity contribution in [2.24, 2.45) is 0 Å². The maximum atomic E-state index is 12.0. The van der Waals surface area contributed by atoms with Gasteiger partial charge in [0.05, 0.1) is 0 Å². The number of aromatic nitrogens is 1. The van der Waals surface area contributed by atoms with Crippen LogP contribution in [-0.4, -0.2) is 40.7 Å².